The van der Waals surface area contributed by atoms with Gasteiger partial charge in [-0.05, 0) is 150 Å². The average molecular weight is 1590 g/mol. The van der Waals surface area contributed by atoms with Crippen LogP contribution in [0, 0.1) is 17.8 Å². The zero-order chi connectivity index (χ0) is 81.9. The van der Waals surface area contributed by atoms with Crippen LogP contribution in [0.4, 0.5) is 26.3 Å². The predicted molar refractivity (Wildman–Crippen MR) is 413 cm³/mol. The largest absolute Gasteiger partial charge is 0.490 e. The highest BCUT2D eigenvalue weighted by atomic mass is 19.4. The van der Waals surface area contributed by atoms with Crippen molar-refractivity contribution < 1.29 is 74.9 Å². The number of carboxylic acids is 2. The summed E-state index contributed by atoms with van der Waals surface area (Å²) in [6, 6.07) is 43.9. The van der Waals surface area contributed by atoms with Crippen molar-refractivity contribution in [3.05, 3.63) is 203 Å². The molecule has 31 heteroatoms. The van der Waals surface area contributed by atoms with Crippen LogP contribution in [0.25, 0.3) is 0 Å². The maximum Gasteiger partial charge on any atom is 0.490 e. The molecule has 114 heavy (non-hydrogen) atoms. The summed E-state index contributed by atoms with van der Waals surface area (Å²) in [6.45, 7) is 9.65. The number of hydrogen-bond donors (Lipinski definition) is 9. The van der Waals surface area contributed by atoms with Gasteiger partial charge >= 0.3 is 24.3 Å². The summed E-state index contributed by atoms with van der Waals surface area (Å²) in [7, 11) is 1.75. The van der Waals surface area contributed by atoms with Crippen molar-refractivity contribution in [3.8, 4) is 0 Å². The van der Waals surface area contributed by atoms with Gasteiger partial charge in [0.05, 0.1) is 30.5 Å². The number of nitrogens with one attached hydrogen (secondary N) is 7. The molecule has 11 rings (SSSR count). The van der Waals surface area contributed by atoms with Crippen LogP contribution in [0.15, 0.2) is 158 Å². The maximum atomic E-state index is 14.9. The summed E-state index contributed by atoms with van der Waals surface area (Å²) < 4.78 is 67.2. The molecular formula is C83H105F6N15O10. The molecule has 4 fully saturated rings. The van der Waals surface area contributed by atoms with Crippen molar-refractivity contribution in [1.82, 2.24) is 77.0 Å². The Kier molecular flexibility index (Phi) is 32.8. The Morgan fingerprint density at radius 3 is 1.18 bits per heavy atom. The lowest BCUT2D eigenvalue weighted by Gasteiger charge is -2.33. The number of rotatable bonds is 34. The van der Waals surface area contributed by atoms with Gasteiger partial charge < -0.3 is 57.2 Å². The van der Waals surface area contributed by atoms with Gasteiger partial charge in [0.15, 0.2) is 0 Å². The Balaban J connectivity index is 0.000000972. The quantitative estimate of drug-likeness (QED) is 0.0134. The number of nitrogens with zero attached hydrogens (tertiary/aromatic N) is 8. The molecular weight excluding hydrogens is 1480 g/mol. The molecule has 25 nitrogen and oxygen atoms in total. The summed E-state index contributed by atoms with van der Waals surface area (Å²) >= 11 is 0. The fourth-order valence-corrected chi connectivity index (χ4v) is 15.5. The number of aryl methyl sites for hydroxylation is 4. The number of carbonyl (C=O) groups excluding carboxylic acids is 6. The highest BCUT2D eigenvalue weighted by Gasteiger charge is 2.50. The molecule has 0 unspecified atom stereocenters. The van der Waals surface area contributed by atoms with Crippen LogP contribution in [0.3, 0.4) is 0 Å². The first-order valence-corrected chi connectivity index (χ1v) is 39.4. The van der Waals surface area contributed by atoms with E-state index < -0.39 is 66.6 Å². The lowest BCUT2D eigenvalue weighted by molar-refractivity contribution is -0.193. The highest BCUT2D eigenvalue weighted by molar-refractivity contribution is 5.95. The number of halogens is 6. The number of benzene rings is 5. The molecule has 11 atom stereocenters. The van der Waals surface area contributed by atoms with Gasteiger partial charge in [0.2, 0.25) is 35.4 Å². The molecule has 0 saturated carbocycles. The summed E-state index contributed by atoms with van der Waals surface area (Å²) in [5.41, 5.74) is 7.77. The molecule has 6 heterocycles. The molecule has 0 spiro atoms. The Morgan fingerprint density at radius 2 is 0.833 bits per heavy atom. The van der Waals surface area contributed by atoms with Gasteiger partial charge in [0.25, 0.3) is 0 Å². The molecule has 2 aromatic heterocycles. The van der Waals surface area contributed by atoms with Crippen LogP contribution < -0.4 is 37.2 Å². The average Bonchev–Trinajstić information content (AvgIpc) is 1.63. The molecule has 5 aromatic carbocycles. The normalized spacial score (nSPS) is 20.3. The molecule has 0 aliphatic carbocycles. The van der Waals surface area contributed by atoms with Crippen molar-refractivity contribution in [1.29, 1.82) is 0 Å². The van der Waals surface area contributed by atoms with Gasteiger partial charge in [-0.3, -0.25) is 38.1 Å². The SMILES string of the molecule is CCC(CC)C(=O)N[C@@H]1C(=O)N2[C@@H](CC[C@@H]1CNCc1ccccc1)CC[C@H]2C(=O)N[C@@H](c1ccccc1)c1cn(CCCCc2ccc(CCCCn3cc([C@@H](NC(=O)[C@@H]4CC[C@@H]5CC[C@H](CNCc6ccccc6)[C@H](NC(=O)[C@H](CC)NC)C(=O)N54)c4ccccc4)nn3)cc2)nn1.O=C(O)C(F)(F)F.O=C(O)C(F)(F)F. The number of alkyl halides is 6. The smallest absolute Gasteiger partial charge is 0.475 e. The predicted octanol–water partition coefficient (Wildman–Crippen LogP) is 10.1. The number of amides is 6. The van der Waals surface area contributed by atoms with Crippen LogP contribution in [-0.4, -0.2) is 172 Å². The molecule has 4 aliphatic rings. The second kappa shape index (κ2) is 42.6. The third kappa shape index (κ3) is 24.8. The monoisotopic (exact) mass is 1590 g/mol. The second-order valence-corrected chi connectivity index (χ2v) is 29.5. The summed E-state index contributed by atoms with van der Waals surface area (Å²) in [4.78, 5) is 108. The summed E-state index contributed by atoms with van der Waals surface area (Å²) in [6.07, 6.45) is 6.50. The first-order chi connectivity index (χ1) is 54.8. The fourth-order valence-electron chi connectivity index (χ4n) is 15.5. The molecule has 4 saturated heterocycles. The van der Waals surface area contributed by atoms with Crippen molar-refractivity contribution >= 4 is 47.4 Å². The zero-order valence-corrected chi connectivity index (χ0v) is 64.7. The zero-order valence-electron chi connectivity index (χ0n) is 64.7. The fraction of sp³-hybridized carbons (Fsp3) is 0.494. The van der Waals surface area contributed by atoms with E-state index in [0.29, 0.717) is 95.6 Å². The second-order valence-electron chi connectivity index (χ2n) is 29.5. The standard InChI is InChI=1S/C79H103N15O6.2C2HF3O2/c1-5-58(6-2)74(95)85-72-61(50-81-48-56-26-12-8-13-27-56)38-40-63-42-44-68(93(63)78(72)99)76(97)83-70(59-30-16-10-17-31-59)66-52-91(89-87-66)46-22-20-24-54-34-36-55(37-35-54)25-21-23-47-92-53-67(88-90-92)71(60-32-18-11-19-33-60)84-77(98)69-45-43-64-41-39-62(51-82-49-57-28-14-9-15-29-57)73(79(100)94(64)69)86-75(96)65(7-3)80-4;2*3-2(4,5)1(6)7/h8-19,26-37,52-53,58,61-65,68-73,80-82H,5-7,20-25,38-51H2,1-4H3,(H,83,97)(H,84,98)(H,85,95)(H,86,96);2*(H,6,7)/t61-,62-,63+,64+,65+,68+,69+,70+,71+,72+,73+;;/m1../s1. The van der Waals surface area contributed by atoms with Crippen LogP contribution in [-0.2, 0) is 77.4 Å². The number of fused-ring (bicyclic) bond motifs is 2. The highest BCUT2D eigenvalue weighted by Crippen LogP contribution is 2.37. The summed E-state index contributed by atoms with van der Waals surface area (Å²) in [5.74, 6) is -7.23. The van der Waals surface area contributed by atoms with E-state index in [0.717, 1.165) is 86.5 Å². The van der Waals surface area contributed by atoms with Crippen LogP contribution in [0.5, 0.6) is 0 Å². The number of hydrogen-bond acceptors (Lipinski definition) is 15. The number of carboxylic acid groups (broad SMARTS) is 2. The summed E-state index contributed by atoms with van der Waals surface area (Å²) in [5, 5.41) is 55.7. The molecule has 614 valence electrons. The Labute approximate surface area is 659 Å². The number of aromatic nitrogens is 6. The minimum atomic E-state index is -5.08. The lowest BCUT2D eigenvalue weighted by atomic mass is 9.92. The van der Waals surface area contributed by atoms with Gasteiger partial charge in [0, 0.05) is 69.1 Å². The van der Waals surface area contributed by atoms with E-state index >= 15 is 0 Å². The van der Waals surface area contributed by atoms with Gasteiger partial charge in [-0.1, -0.05) is 177 Å². The number of carbonyl (C=O) groups is 8. The molecule has 7 aromatic rings. The van der Waals surface area contributed by atoms with Crippen molar-refractivity contribution in [2.45, 2.75) is 223 Å². The van der Waals surface area contributed by atoms with Gasteiger partial charge in [-0.25, -0.2) is 9.59 Å². The first kappa shape index (κ1) is 87.6. The van der Waals surface area contributed by atoms with Gasteiger partial charge in [-0.2, -0.15) is 26.3 Å². The van der Waals surface area contributed by atoms with E-state index in [1.165, 1.54) is 11.1 Å². The Morgan fingerprint density at radius 1 is 0.474 bits per heavy atom. The minimum Gasteiger partial charge on any atom is -0.475 e. The van der Waals surface area contributed by atoms with Gasteiger partial charge in [0.1, 0.15) is 35.6 Å². The Bertz CT molecular complexity index is 3950. The molecule has 0 bridgehead atoms. The third-order valence-electron chi connectivity index (χ3n) is 21.8. The van der Waals surface area contributed by atoms with E-state index in [-0.39, 0.29) is 65.3 Å². The topological polar surface area (TPSA) is 329 Å². The number of aliphatic carboxylic acids is 2. The maximum absolute atomic E-state index is 14.9. The number of unbranched alkanes of at least 4 members (excludes halogenated alkanes) is 2. The van der Waals surface area contributed by atoms with E-state index in [1.807, 2.05) is 140 Å². The molecule has 0 radical (unpaired) electrons. The first-order valence-electron chi connectivity index (χ1n) is 39.4. The van der Waals surface area contributed by atoms with Crippen molar-refractivity contribution in [2.75, 3.05) is 20.1 Å². The minimum absolute atomic E-state index is 0.103. The van der Waals surface area contributed by atoms with Crippen molar-refractivity contribution in [3.63, 3.8) is 0 Å². The van der Waals surface area contributed by atoms with Crippen LogP contribution in [0.2, 0.25) is 0 Å². The molecule has 6 amide bonds. The molecule has 4 aliphatic heterocycles. The van der Waals surface area contributed by atoms with Crippen LogP contribution in [0.1, 0.15) is 174 Å². The van der Waals surface area contributed by atoms with Crippen molar-refractivity contribution in [2.24, 2.45) is 17.8 Å². The van der Waals surface area contributed by atoms with Gasteiger partial charge in [-0.15, -0.1) is 10.2 Å². The van der Waals surface area contributed by atoms with Crippen LogP contribution >= 0.6 is 0 Å². The Hall–Kier alpha value is -10.4. The number of likely N-dealkylation sites (N-methyl/N-ethyl adjacent to an activating group) is 1. The third-order valence-corrected chi connectivity index (χ3v) is 21.8. The van der Waals surface area contributed by atoms with E-state index in [2.05, 4.69) is 106 Å². The molecule has 9 N–H and O–H groups in total. The van der Waals surface area contributed by atoms with E-state index in [9.17, 15) is 55.1 Å². The lowest BCUT2D eigenvalue weighted by Crippen LogP contribution is -2.59. The van der Waals surface area contributed by atoms with E-state index in [4.69, 9.17) is 19.8 Å². The van der Waals surface area contributed by atoms with E-state index in [1.54, 1.807) is 16.8 Å².